The van der Waals surface area contributed by atoms with Gasteiger partial charge < -0.3 is 4.90 Å². The predicted octanol–water partition coefficient (Wildman–Crippen LogP) is 4.24. The zero-order chi connectivity index (χ0) is 21.5. The van der Waals surface area contributed by atoms with Crippen LogP contribution in [-0.2, 0) is 13.0 Å². The Kier molecular flexibility index (Phi) is 4.66. The Morgan fingerprint density at radius 1 is 0.935 bits per heavy atom. The first-order valence-corrected chi connectivity index (χ1v) is 10.4. The maximum absolute atomic E-state index is 13.2. The summed E-state index contributed by atoms with van der Waals surface area (Å²) >= 11 is 0. The van der Waals surface area contributed by atoms with Crippen molar-refractivity contribution in [2.24, 2.45) is 0 Å². The molecule has 0 N–H and O–H groups in total. The van der Waals surface area contributed by atoms with Crippen molar-refractivity contribution in [2.75, 3.05) is 7.05 Å². The Bertz CT molecular complexity index is 1200. The van der Waals surface area contributed by atoms with Gasteiger partial charge in [0.15, 0.2) is 0 Å². The third-order valence-corrected chi connectivity index (χ3v) is 6.29. The van der Waals surface area contributed by atoms with E-state index in [0.29, 0.717) is 16.7 Å². The second-order valence-corrected chi connectivity index (χ2v) is 8.11. The zero-order valence-electron chi connectivity index (χ0n) is 17.2. The molecule has 0 saturated carbocycles. The van der Waals surface area contributed by atoms with Gasteiger partial charge in [0, 0.05) is 12.6 Å². The van der Waals surface area contributed by atoms with Crippen molar-refractivity contribution >= 4 is 17.7 Å². The number of aryl methyl sites for hydroxylation is 1. The minimum Gasteiger partial charge on any atom is -0.335 e. The molecule has 154 valence electrons. The number of fused-ring (bicyclic) bond motifs is 2. The Morgan fingerprint density at radius 3 is 2.45 bits per heavy atom. The summed E-state index contributed by atoms with van der Waals surface area (Å²) in [6, 6.07) is 22.4. The first-order chi connectivity index (χ1) is 15.0. The van der Waals surface area contributed by atoms with Gasteiger partial charge in [-0.05, 0) is 47.7 Å². The normalized spacial score (nSPS) is 16.9. The highest BCUT2D eigenvalue weighted by Gasteiger charge is 2.37. The third kappa shape index (κ3) is 3.22. The Balaban J connectivity index is 1.40. The van der Waals surface area contributed by atoms with Crippen molar-refractivity contribution in [3.63, 3.8) is 0 Å². The Morgan fingerprint density at radius 2 is 1.65 bits per heavy atom. The van der Waals surface area contributed by atoms with Gasteiger partial charge in [0.1, 0.15) is 0 Å². The van der Waals surface area contributed by atoms with E-state index < -0.39 is 0 Å². The van der Waals surface area contributed by atoms with E-state index in [9.17, 15) is 14.4 Å². The van der Waals surface area contributed by atoms with E-state index in [4.69, 9.17) is 0 Å². The van der Waals surface area contributed by atoms with E-state index in [1.54, 1.807) is 30.1 Å². The topological polar surface area (TPSA) is 57.7 Å². The highest BCUT2D eigenvalue weighted by atomic mass is 16.2. The number of rotatable bonds is 4. The van der Waals surface area contributed by atoms with Crippen LogP contribution in [0.2, 0.25) is 0 Å². The van der Waals surface area contributed by atoms with Gasteiger partial charge in [-0.3, -0.25) is 19.3 Å². The standard InChI is InChI=1S/C26H22N2O3/c1-27(23-14-12-18-9-5-6-10-20(18)23)24(29)19-11-13-21-22(15-19)26(31)28(25(21)30)16-17-7-3-2-4-8-17/h2-11,13,15,23H,12,14,16H2,1H3. The minimum absolute atomic E-state index is 0.0175. The molecule has 0 spiro atoms. The first kappa shape index (κ1) is 19.2. The smallest absolute Gasteiger partial charge is 0.261 e. The highest BCUT2D eigenvalue weighted by molar-refractivity contribution is 6.22. The van der Waals surface area contributed by atoms with E-state index in [-0.39, 0.29) is 30.3 Å². The second-order valence-electron chi connectivity index (χ2n) is 8.11. The summed E-state index contributed by atoms with van der Waals surface area (Å²) < 4.78 is 0. The molecule has 5 heteroatoms. The third-order valence-electron chi connectivity index (χ3n) is 6.29. The lowest BCUT2D eigenvalue weighted by atomic mass is 10.0. The van der Waals surface area contributed by atoms with E-state index in [0.717, 1.165) is 18.4 Å². The number of nitrogens with zero attached hydrogens (tertiary/aromatic N) is 2. The van der Waals surface area contributed by atoms with Crippen LogP contribution in [0.15, 0.2) is 72.8 Å². The van der Waals surface area contributed by atoms with Crippen LogP contribution in [0.4, 0.5) is 0 Å². The zero-order valence-corrected chi connectivity index (χ0v) is 17.2. The van der Waals surface area contributed by atoms with Crippen molar-refractivity contribution in [3.05, 3.63) is 106 Å². The molecule has 3 aromatic rings. The lowest BCUT2D eigenvalue weighted by Gasteiger charge is -2.25. The summed E-state index contributed by atoms with van der Waals surface area (Å²) in [4.78, 5) is 41.9. The summed E-state index contributed by atoms with van der Waals surface area (Å²) in [5.41, 5.74) is 4.41. The summed E-state index contributed by atoms with van der Waals surface area (Å²) in [5.74, 6) is -0.820. The number of carbonyl (C=O) groups excluding carboxylic acids is 3. The molecule has 5 rings (SSSR count). The molecule has 0 aromatic heterocycles. The van der Waals surface area contributed by atoms with Crippen molar-refractivity contribution in [3.8, 4) is 0 Å². The molecule has 0 fully saturated rings. The van der Waals surface area contributed by atoms with Crippen LogP contribution in [0, 0.1) is 0 Å². The van der Waals surface area contributed by atoms with Crippen molar-refractivity contribution < 1.29 is 14.4 Å². The number of carbonyl (C=O) groups is 3. The van der Waals surface area contributed by atoms with Gasteiger partial charge in [0.25, 0.3) is 17.7 Å². The molecule has 0 saturated heterocycles. The minimum atomic E-state index is -0.354. The Labute approximate surface area is 180 Å². The quantitative estimate of drug-likeness (QED) is 0.605. The number of amides is 3. The van der Waals surface area contributed by atoms with E-state index in [2.05, 4.69) is 12.1 Å². The van der Waals surface area contributed by atoms with Crippen LogP contribution in [0.5, 0.6) is 0 Å². The van der Waals surface area contributed by atoms with E-state index in [1.807, 2.05) is 42.5 Å². The summed E-state index contributed by atoms with van der Waals surface area (Å²) in [6.07, 6.45) is 1.83. The molecule has 3 amide bonds. The molecule has 1 atom stereocenters. The lowest BCUT2D eigenvalue weighted by molar-refractivity contribution is 0.0641. The van der Waals surface area contributed by atoms with Crippen molar-refractivity contribution in [1.29, 1.82) is 0 Å². The van der Waals surface area contributed by atoms with Crippen LogP contribution in [-0.4, -0.2) is 34.6 Å². The number of hydrogen-bond donors (Lipinski definition) is 0. The maximum atomic E-state index is 13.2. The van der Waals surface area contributed by atoms with Gasteiger partial charge in [-0.15, -0.1) is 0 Å². The van der Waals surface area contributed by atoms with Crippen LogP contribution in [0.1, 0.15) is 60.2 Å². The molecule has 2 aliphatic rings. The second kappa shape index (κ2) is 7.51. The summed E-state index contributed by atoms with van der Waals surface area (Å²) in [6.45, 7) is 0.217. The van der Waals surface area contributed by atoms with E-state index >= 15 is 0 Å². The van der Waals surface area contributed by atoms with Gasteiger partial charge in [-0.2, -0.15) is 0 Å². The number of benzene rings is 3. The molecule has 1 heterocycles. The summed E-state index contributed by atoms with van der Waals surface area (Å²) in [5, 5.41) is 0. The largest absolute Gasteiger partial charge is 0.335 e. The number of imide groups is 1. The molecular weight excluding hydrogens is 388 g/mol. The fraction of sp³-hybridized carbons (Fsp3) is 0.192. The van der Waals surface area contributed by atoms with Gasteiger partial charge >= 0.3 is 0 Å². The molecule has 1 unspecified atom stereocenters. The van der Waals surface area contributed by atoms with Gasteiger partial charge in [0.2, 0.25) is 0 Å². The van der Waals surface area contributed by atoms with Gasteiger partial charge in [-0.1, -0.05) is 54.6 Å². The van der Waals surface area contributed by atoms with Crippen LogP contribution in [0.3, 0.4) is 0 Å². The average molecular weight is 410 g/mol. The molecule has 31 heavy (non-hydrogen) atoms. The molecule has 1 aliphatic carbocycles. The highest BCUT2D eigenvalue weighted by Crippen LogP contribution is 2.36. The molecule has 5 nitrogen and oxygen atoms in total. The van der Waals surface area contributed by atoms with Crippen LogP contribution >= 0.6 is 0 Å². The predicted molar refractivity (Wildman–Crippen MR) is 117 cm³/mol. The molecular formula is C26H22N2O3. The van der Waals surface area contributed by atoms with Crippen LogP contribution < -0.4 is 0 Å². The SMILES string of the molecule is CN(C(=O)c1ccc2c(c1)C(=O)N(Cc1ccccc1)C2=O)C1CCc2ccccc21. The van der Waals surface area contributed by atoms with Crippen molar-refractivity contribution in [1.82, 2.24) is 9.80 Å². The van der Waals surface area contributed by atoms with Gasteiger partial charge in [0.05, 0.1) is 23.7 Å². The van der Waals surface area contributed by atoms with Gasteiger partial charge in [-0.25, -0.2) is 0 Å². The van der Waals surface area contributed by atoms with E-state index in [1.165, 1.54) is 16.0 Å². The molecule has 3 aromatic carbocycles. The number of hydrogen-bond acceptors (Lipinski definition) is 3. The van der Waals surface area contributed by atoms with Crippen molar-refractivity contribution in [2.45, 2.75) is 25.4 Å². The monoisotopic (exact) mass is 410 g/mol. The molecule has 0 bridgehead atoms. The van der Waals surface area contributed by atoms with Crippen LogP contribution in [0.25, 0.3) is 0 Å². The molecule has 1 aliphatic heterocycles. The fourth-order valence-corrected chi connectivity index (χ4v) is 4.62. The first-order valence-electron chi connectivity index (χ1n) is 10.4. The average Bonchev–Trinajstić information content (AvgIpc) is 3.34. The lowest BCUT2D eigenvalue weighted by Crippen LogP contribution is -2.30. The maximum Gasteiger partial charge on any atom is 0.261 e. The Hall–Kier alpha value is -3.73. The molecule has 0 radical (unpaired) electrons. The fourth-order valence-electron chi connectivity index (χ4n) is 4.62. The summed E-state index contributed by atoms with van der Waals surface area (Å²) in [7, 11) is 1.80.